The third-order valence-corrected chi connectivity index (χ3v) is 3.90. The van der Waals surface area contributed by atoms with Crippen molar-refractivity contribution in [1.29, 1.82) is 0 Å². The van der Waals surface area contributed by atoms with Gasteiger partial charge in [-0.1, -0.05) is 17.8 Å². The normalized spacial score (nSPS) is 11.0. The van der Waals surface area contributed by atoms with Crippen molar-refractivity contribution in [3.63, 3.8) is 0 Å². The standard InChI is InChI=1S/C13H13N5O2S/c1-8-6-9(20-11(8)12(19)15-14)7-21-13-17-16-10-4-2-3-5-18(10)13/h2-6H,7,14H2,1H3,(H,15,19). The van der Waals surface area contributed by atoms with Crippen LogP contribution in [0.2, 0.25) is 0 Å². The van der Waals surface area contributed by atoms with E-state index in [4.69, 9.17) is 10.3 Å². The second-order valence-electron chi connectivity index (χ2n) is 4.40. The minimum Gasteiger partial charge on any atom is -0.455 e. The van der Waals surface area contributed by atoms with Gasteiger partial charge in [0.2, 0.25) is 0 Å². The molecule has 0 aliphatic rings. The molecule has 0 radical (unpaired) electrons. The van der Waals surface area contributed by atoms with Gasteiger partial charge in [0.15, 0.2) is 16.6 Å². The van der Waals surface area contributed by atoms with E-state index in [1.165, 1.54) is 11.8 Å². The first-order valence-corrected chi connectivity index (χ1v) is 7.20. The summed E-state index contributed by atoms with van der Waals surface area (Å²) in [5.41, 5.74) is 3.60. The van der Waals surface area contributed by atoms with E-state index < -0.39 is 5.91 Å². The van der Waals surface area contributed by atoms with Gasteiger partial charge < -0.3 is 4.42 Å². The molecule has 3 aromatic heterocycles. The monoisotopic (exact) mass is 303 g/mol. The minimum atomic E-state index is -0.434. The highest BCUT2D eigenvalue weighted by atomic mass is 32.2. The number of aromatic nitrogens is 3. The molecule has 3 rings (SSSR count). The summed E-state index contributed by atoms with van der Waals surface area (Å²) in [5, 5.41) is 8.97. The second kappa shape index (κ2) is 5.58. The first kappa shape index (κ1) is 13.7. The molecule has 3 N–H and O–H groups in total. The summed E-state index contributed by atoms with van der Waals surface area (Å²) in [5.74, 6) is 6.14. The molecule has 0 saturated heterocycles. The van der Waals surface area contributed by atoms with Crippen molar-refractivity contribution in [2.24, 2.45) is 5.84 Å². The minimum absolute atomic E-state index is 0.235. The smallest absolute Gasteiger partial charge is 0.301 e. The number of pyridine rings is 1. The van der Waals surface area contributed by atoms with E-state index in [1.807, 2.05) is 34.9 Å². The zero-order valence-electron chi connectivity index (χ0n) is 11.2. The van der Waals surface area contributed by atoms with Gasteiger partial charge in [-0.2, -0.15) is 0 Å². The van der Waals surface area contributed by atoms with Crippen LogP contribution in [0.1, 0.15) is 21.9 Å². The summed E-state index contributed by atoms with van der Waals surface area (Å²) in [6.45, 7) is 1.80. The lowest BCUT2D eigenvalue weighted by Crippen LogP contribution is -2.30. The van der Waals surface area contributed by atoms with Crippen molar-refractivity contribution in [2.75, 3.05) is 0 Å². The van der Waals surface area contributed by atoms with Gasteiger partial charge in [0, 0.05) is 11.8 Å². The average molecular weight is 303 g/mol. The SMILES string of the molecule is Cc1cc(CSc2nnc3ccccn23)oc1C(=O)NN. The van der Waals surface area contributed by atoms with Crippen LogP contribution in [0.5, 0.6) is 0 Å². The van der Waals surface area contributed by atoms with Crippen molar-refractivity contribution in [3.8, 4) is 0 Å². The maximum absolute atomic E-state index is 11.5. The van der Waals surface area contributed by atoms with Crippen molar-refractivity contribution >= 4 is 23.3 Å². The third-order valence-electron chi connectivity index (χ3n) is 2.93. The zero-order chi connectivity index (χ0) is 14.8. The number of carbonyl (C=O) groups excluding carboxylic acids is 1. The van der Waals surface area contributed by atoms with Gasteiger partial charge in [-0.3, -0.25) is 14.6 Å². The van der Waals surface area contributed by atoms with Gasteiger partial charge in [-0.25, -0.2) is 5.84 Å². The van der Waals surface area contributed by atoms with Crippen LogP contribution in [0.4, 0.5) is 0 Å². The highest BCUT2D eigenvalue weighted by Crippen LogP contribution is 2.24. The Bertz CT molecular complexity index is 795. The van der Waals surface area contributed by atoms with E-state index in [0.717, 1.165) is 16.4 Å². The largest absolute Gasteiger partial charge is 0.455 e. The van der Waals surface area contributed by atoms with Crippen molar-refractivity contribution in [3.05, 3.63) is 47.5 Å². The van der Waals surface area contributed by atoms with Crippen LogP contribution < -0.4 is 11.3 Å². The van der Waals surface area contributed by atoms with Gasteiger partial charge in [0.1, 0.15) is 5.76 Å². The zero-order valence-corrected chi connectivity index (χ0v) is 12.1. The first-order valence-electron chi connectivity index (χ1n) is 6.22. The number of amides is 1. The fraction of sp³-hybridized carbons (Fsp3) is 0.154. The molecule has 0 spiro atoms. The Morgan fingerprint density at radius 2 is 2.33 bits per heavy atom. The Kier molecular flexibility index (Phi) is 3.63. The second-order valence-corrected chi connectivity index (χ2v) is 5.34. The highest BCUT2D eigenvalue weighted by molar-refractivity contribution is 7.98. The topological polar surface area (TPSA) is 98.4 Å². The lowest BCUT2D eigenvalue weighted by molar-refractivity contribution is 0.0923. The van der Waals surface area contributed by atoms with E-state index in [-0.39, 0.29) is 5.76 Å². The van der Waals surface area contributed by atoms with Crippen LogP contribution in [0.3, 0.4) is 0 Å². The lowest BCUT2D eigenvalue weighted by atomic mass is 10.2. The Balaban J connectivity index is 1.77. The van der Waals surface area contributed by atoms with Crippen LogP contribution in [0, 0.1) is 6.92 Å². The van der Waals surface area contributed by atoms with E-state index in [0.29, 0.717) is 11.5 Å². The number of nitrogens with two attached hydrogens (primary N) is 1. The maximum Gasteiger partial charge on any atom is 0.301 e. The van der Waals surface area contributed by atoms with E-state index in [2.05, 4.69) is 15.6 Å². The Labute approximate surface area is 124 Å². The van der Waals surface area contributed by atoms with E-state index >= 15 is 0 Å². The van der Waals surface area contributed by atoms with E-state index in [1.54, 1.807) is 6.92 Å². The highest BCUT2D eigenvalue weighted by Gasteiger charge is 2.15. The Morgan fingerprint density at radius 3 is 3.14 bits per heavy atom. The number of carbonyl (C=O) groups is 1. The number of hydrogen-bond acceptors (Lipinski definition) is 6. The molecule has 21 heavy (non-hydrogen) atoms. The van der Waals surface area contributed by atoms with Crippen molar-refractivity contribution < 1.29 is 9.21 Å². The number of furan rings is 1. The molecule has 1 amide bonds. The van der Waals surface area contributed by atoms with Gasteiger partial charge in [-0.15, -0.1) is 10.2 Å². The van der Waals surface area contributed by atoms with Gasteiger partial charge in [-0.05, 0) is 25.1 Å². The van der Waals surface area contributed by atoms with Crippen LogP contribution >= 0.6 is 11.8 Å². The van der Waals surface area contributed by atoms with E-state index in [9.17, 15) is 4.79 Å². The molecule has 0 aromatic carbocycles. The summed E-state index contributed by atoms with van der Waals surface area (Å²) in [4.78, 5) is 11.5. The molecule has 8 heteroatoms. The number of nitrogens with zero attached hydrogens (tertiary/aromatic N) is 3. The Hall–Kier alpha value is -2.32. The number of hydrazine groups is 1. The third kappa shape index (κ3) is 2.63. The first-order chi connectivity index (χ1) is 10.2. The lowest BCUT2D eigenvalue weighted by Gasteiger charge is -1.98. The number of hydrogen-bond donors (Lipinski definition) is 2. The molecule has 0 aliphatic carbocycles. The van der Waals surface area contributed by atoms with Crippen LogP contribution in [0.25, 0.3) is 5.65 Å². The molecular formula is C13H13N5O2S. The predicted octanol–water partition coefficient (Wildman–Crippen LogP) is 1.53. The molecule has 7 nitrogen and oxygen atoms in total. The van der Waals surface area contributed by atoms with Crippen LogP contribution in [-0.2, 0) is 5.75 Å². The number of fused-ring (bicyclic) bond motifs is 1. The molecule has 0 saturated carbocycles. The van der Waals surface area contributed by atoms with Gasteiger partial charge >= 0.3 is 5.91 Å². The van der Waals surface area contributed by atoms with Crippen LogP contribution in [0.15, 0.2) is 40.0 Å². The number of nitrogens with one attached hydrogen (secondary N) is 1. The predicted molar refractivity (Wildman–Crippen MR) is 77.6 cm³/mol. The Morgan fingerprint density at radius 1 is 1.48 bits per heavy atom. The summed E-state index contributed by atoms with van der Waals surface area (Å²) in [7, 11) is 0. The molecule has 0 fully saturated rings. The van der Waals surface area contributed by atoms with Gasteiger partial charge in [0.05, 0.1) is 5.75 Å². The molecule has 108 valence electrons. The van der Waals surface area contributed by atoms with Crippen LogP contribution in [-0.4, -0.2) is 20.5 Å². The number of rotatable bonds is 4. The van der Waals surface area contributed by atoms with Crippen molar-refractivity contribution in [2.45, 2.75) is 17.8 Å². The number of aryl methyl sites for hydroxylation is 1. The summed E-state index contributed by atoms with van der Waals surface area (Å²) < 4.78 is 7.40. The molecule has 3 heterocycles. The molecule has 0 bridgehead atoms. The fourth-order valence-electron chi connectivity index (χ4n) is 1.96. The fourth-order valence-corrected chi connectivity index (χ4v) is 2.77. The van der Waals surface area contributed by atoms with Gasteiger partial charge in [0.25, 0.3) is 0 Å². The molecule has 0 atom stereocenters. The maximum atomic E-state index is 11.5. The summed E-state index contributed by atoms with van der Waals surface area (Å²) in [6.07, 6.45) is 1.90. The quantitative estimate of drug-likeness (QED) is 0.328. The molecule has 3 aromatic rings. The van der Waals surface area contributed by atoms with Crippen molar-refractivity contribution in [1.82, 2.24) is 20.0 Å². The molecule has 0 aliphatic heterocycles. The molecule has 0 unspecified atom stereocenters. The number of thioether (sulfide) groups is 1. The summed E-state index contributed by atoms with van der Waals surface area (Å²) >= 11 is 1.48. The number of nitrogen functional groups attached to an aromatic ring is 1. The summed E-state index contributed by atoms with van der Waals surface area (Å²) in [6, 6.07) is 7.53. The average Bonchev–Trinajstić information content (AvgIpc) is 3.08. The molecular weight excluding hydrogens is 290 g/mol.